The van der Waals surface area contributed by atoms with Gasteiger partial charge in [-0.15, -0.1) is 0 Å². The second kappa shape index (κ2) is 18.5. The largest absolute Gasteiger partial charge is 0.465 e. The lowest BCUT2D eigenvalue weighted by Gasteiger charge is -2.38. The highest BCUT2D eigenvalue weighted by Gasteiger charge is 2.69. The van der Waals surface area contributed by atoms with Crippen LogP contribution in [0.2, 0.25) is 0 Å². The second-order valence-corrected chi connectivity index (χ2v) is 19.6. The first-order valence-electron chi connectivity index (χ1n) is 19.6. The van der Waals surface area contributed by atoms with Crippen molar-refractivity contribution in [2.24, 2.45) is 28.6 Å². The number of alkyl halides is 2. The molecule has 0 radical (unpaired) electrons. The lowest BCUT2D eigenvalue weighted by atomic mass is 9.83. The number of nitrogens with zero attached hydrogens (tertiary/aromatic N) is 2. The van der Waals surface area contributed by atoms with Gasteiger partial charge in [0.2, 0.25) is 34.2 Å². The van der Waals surface area contributed by atoms with Crippen molar-refractivity contribution >= 4 is 39.7 Å². The van der Waals surface area contributed by atoms with Gasteiger partial charge < -0.3 is 30.9 Å². The minimum Gasteiger partial charge on any atom is -0.465 e. The summed E-state index contributed by atoms with van der Waals surface area (Å²) < 4.78 is 86.9. The number of piperidine rings is 1. The Morgan fingerprint density at radius 3 is 2.14 bits per heavy atom. The van der Waals surface area contributed by atoms with Crippen molar-refractivity contribution in [1.29, 1.82) is 0 Å². The summed E-state index contributed by atoms with van der Waals surface area (Å²) in [6.07, 6.45) is 0.355. The van der Waals surface area contributed by atoms with E-state index in [2.05, 4.69) is 26.0 Å². The number of carbonyl (C=O) groups is 5. The van der Waals surface area contributed by atoms with Crippen LogP contribution in [0.5, 0.6) is 0 Å². The van der Waals surface area contributed by atoms with Crippen molar-refractivity contribution in [3.05, 3.63) is 34.9 Å². The van der Waals surface area contributed by atoms with E-state index in [1.807, 2.05) is 34.6 Å². The first-order chi connectivity index (χ1) is 26.9. The summed E-state index contributed by atoms with van der Waals surface area (Å²) in [5.41, 5.74) is -1.81. The fraction of sp³-hybridized carbons (Fsp3) is 0.718. The molecule has 2 saturated carbocycles. The number of benzene rings is 1. The third-order valence-corrected chi connectivity index (χ3v) is 13.4. The van der Waals surface area contributed by atoms with Crippen LogP contribution in [0.25, 0.3) is 0 Å². The predicted molar refractivity (Wildman–Crippen MR) is 206 cm³/mol. The molecule has 1 aliphatic heterocycles. The maximum absolute atomic E-state index is 14.6. The van der Waals surface area contributed by atoms with Gasteiger partial charge in [0, 0.05) is 44.7 Å². The average molecular weight is 847 g/mol. The first-order valence-corrected chi connectivity index (χ1v) is 21.4. The minimum absolute atomic E-state index is 0.0319. The lowest BCUT2D eigenvalue weighted by Crippen LogP contribution is -2.62. The molecular weight excluding hydrogens is 789 g/mol. The summed E-state index contributed by atoms with van der Waals surface area (Å²) >= 11 is 0. The number of likely N-dealkylation sites (tertiary alicyclic amines) is 1. The zero-order chi connectivity index (χ0) is 43.5. The zero-order valence-corrected chi connectivity index (χ0v) is 35.2. The molecular formula is C39H58F4N6O8S. The van der Waals surface area contributed by atoms with E-state index in [0.29, 0.717) is 12.8 Å². The number of methoxy groups -OCH3 is 1. The first kappa shape index (κ1) is 46.7. The van der Waals surface area contributed by atoms with Crippen LogP contribution in [0.1, 0.15) is 89.1 Å². The predicted octanol–water partition coefficient (Wildman–Crippen LogP) is 3.59. The lowest BCUT2D eigenvalue weighted by molar-refractivity contribution is -0.144. The van der Waals surface area contributed by atoms with Gasteiger partial charge >= 0.3 is 12.0 Å². The van der Waals surface area contributed by atoms with Crippen LogP contribution in [-0.2, 0) is 35.6 Å². The van der Waals surface area contributed by atoms with E-state index >= 15 is 0 Å². The van der Waals surface area contributed by atoms with Crippen molar-refractivity contribution in [2.75, 3.05) is 40.0 Å². The number of rotatable bonds is 16. The molecule has 19 heteroatoms. The Kier molecular flexibility index (Phi) is 14.9. The van der Waals surface area contributed by atoms with E-state index in [9.17, 15) is 50.0 Å². The number of sulfonamides is 1. The number of halogens is 4. The van der Waals surface area contributed by atoms with Gasteiger partial charge in [-0.1, -0.05) is 53.9 Å². The fourth-order valence-corrected chi connectivity index (χ4v) is 8.71. The monoisotopic (exact) mass is 846 g/mol. The van der Waals surface area contributed by atoms with Crippen LogP contribution in [0, 0.1) is 40.2 Å². The molecule has 4 N–H and O–H groups in total. The molecule has 3 fully saturated rings. The van der Waals surface area contributed by atoms with Gasteiger partial charge in [0.05, 0.1) is 18.9 Å². The van der Waals surface area contributed by atoms with Crippen LogP contribution in [-0.4, -0.2) is 118 Å². The molecule has 0 spiro atoms. The van der Waals surface area contributed by atoms with E-state index in [1.165, 1.54) is 11.9 Å². The molecule has 3 aliphatic rings. The second-order valence-electron chi connectivity index (χ2n) is 17.5. The van der Waals surface area contributed by atoms with Gasteiger partial charge in [-0.25, -0.2) is 39.9 Å². The SMILES string of the molecule is COC(=O)c1cc(F)c(CCNC(=O)[C@H](CC(F)F)NC(=O)[C@@H]2C3C(CN2C(=O)[C@@H](NC(=O)N[C@H](CN(C)S(C)(=O)=O)C(C)(C)C)C2CCCCC2)C3(C)C)c(F)c1. The molecule has 1 saturated heterocycles. The maximum Gasteiger partial charge on any atom is 0.338 e. The van der Waals surface area contributed by atoms with Crippen LogP contribution >= 0.6 is 0 Å². The number of likely N-dealkylation sites (N-methyl/N-ethyl adjacent to an activating group) is 1. The molecule has 6 atom stereocenters. The molecule has 1 aromatic carbocycles. The highest BCUT2D eigenvalue weighted by atomic mass is 32.2. The van der Waals surface area contributed by atoms with Crippen LogP contribution in [0.15, 0.2) is 12.1 Å². The molecule has 58 heavy (non-hydrogen) atoms. The Morgan fingerprint density at radius 2 is 1.60 bits per heavy atom. The number of nitrogens with one attached hydrogen (secondary N) is 4. The molecule has 4 rings (SSSR count). The van der Waals surface area contributed by atoms with Gasteiger partial charge in [0.1, 0.15) is 29.8 Å². The van der Waals surface area contributed by atoms with Crippen molar-refractivity contribution in [2.45, 2.75) is 110 Å². The summed E-state index contributed by atoms with van der Waals surface area (Å²) in [7, 11) is -1.12. The van der Waals surface area contributed by atoms with Gasteiger partial charge in [0.25, 0.3) is 0 Å². The zero-order valence-electron chi connectivity index (χ0n) is 34.4. The summed E-state index contributed by atoms with van der Waals surface area (Å²) in [5, 5.41) is 10.5. The van der Waals surface area contributed by atoms with Crippen LogP contribution < -0.4 is 21.3 Å². The van der Waals surface area contributed by atoms with Crippen molar-refractivity contribution < 1.29 is 54.7 Å². The Morgan fingerprint density at radius 1 is 1.00 bits per heavy atom. The molecule has 1 heterocycles. The van der Waals surface area contributed by atoms with E-state index in [-0.39, 0.29) is 36.4 Å². The van der Waals surface area contributed by atoms with E-state index < -0.39 is 118 Å². The molecule has 2 aliphatic carbocycles. The number of fused-ring (bicyclic) bond motifs is 1. The third-order valence-electron chi connectivity index (χ3n) is 12.1. The van der Waals surface area contributed by atoms with E-state index in [0.717, 1.165) is 49.1 Å². The van der Waals surface area contributed by atoms with E-state index in [4.69, 9.17) is 0 Å². The van der Waals surface area contributed by atoms with Crippen molar-refractivity contribution in [3.63, 3.8) is 0 Å². The Balaban J connectivity index is 1.52. The maximum atomic E-state index is 14.6. The number of carbonyl (C=O) groups excluding carboxylic acids is 5. The van der Waals surface area contributed by atoms with Crippen LogP contribution in [0.4, 0.5) is 22.4 Å². The Bertz CT molecular complexity index is 1800. The summed E-state index contributed by atoms with van der Waals surface area (Å²) in [5.74, 6) is -6.27. The van der Waals surface area contributed by atoms with Gasteiger partial charge in [-0.05, 0) is 60.0 Å². The normalized spacial score (nSPS) is 22.1. The fourth-order valence-electron chi connectivity index (χ4n) is 8.29. The molecule has 1 aromatic rings. The number of ether oxygens (including phenoxy) is 1. The molecule has 0 bridgehead atoms. The van der Waals surface area contributed by atoms with Crippen LogP contribution in [0.3, 0.4) is 0 Å². The highest BCUT2D eigenvalue weighted by Crippen LogP contribution is 2.65. The molecule has 5 amide bonds. The topological polar surface area (TPSA) is 183 Å². The summed E-state index contributed by atoms with van der Waals surface area (Å²) in [6.45, 7) is 9.09. The minimum atomic E-state index is -3.57. The highest BCUT2D eigenvalue weighted by molar-refractivity contribution is 7.88. The van der Waals surface area contributed by atoms with Gasteiger partial charge in [-0.3, -0.25) is 14.4 Å². The van der Waals surface area contributed by atoms with Gasteiger partial charge in [-0.2, -0.15) is 0 Å². The van der Waals surface area contributed by atoms with Crippen molar-refractivity contribution in [3.8, 4) is 0 Å². The number of esters is 1. The average Bonchev–Trinajstić information content (AvgIpc) is 3.42. The number of hydrogen-bond donors (Lipinski definition) is 4. The number of urea groups is 1. The molecule has 0 aromatic heterocycles. The third kappa shape index (κ3) is 11.2. The molecule has 2 unspecified atom stereocenters. The number of hydrogen-bond acceptors (Lipinski definition) is 8. The molecule has 326 valence electrons. The number of amides is 5. The van der Waals surface area contributed by atoms with E-state index in [1.54, 1.807) is 0 Å². The smallest absolute Gasteiger partial charge is 0.338 e. The molecule has 14 nitrogen and oxygen atoms in total. The van der Waals surface area contributed by atoms with Crippen molar-refractivity contribution in [1.82, 2.24) is 30.5 Å². The standard InChI is InChI=1S/C39H58F4N6O8S/c1-38(2,3)28(20-48(6)58(8,55)56)46-37(54)47-31(21-12-10-9-11-13-21)35(52)49-19-24-30(39(24,4)5)32(49)34(51)45-27(18-29(42)43)33(50)44-15-14-23-25(40)16-22(17-26(23)41)36(53)57-7/h16-17,21,24,27-32H,9-15,18-20H2,1-8H3,(H,44,50)(H,45,51)(H2,46,47,54)/t24?,27-,28+,30?,31-,32-/m0/s1. The Hall–Kier alpha value is -4.00. The van der Waals surface area contributed by atoms with Gasteiger partial charge in [0.15, 0.2) is 0 Å². The Labute approximate surface area is 338 Å². The summed E-state index contributed by atoms with van der Waals surface area (Å²) in [6, 6.07) is -3.78. The quantitative estimate of drug-likeness (QED) is 0.144. The summed E-state index contributed by atoms with van der Waals surface area (Å²) in [4.78, 5) is 68.7.